The molecule has 19 heavy (non-hydrogen) atoms. The number of aromatic amines is 1. The number of aryl methyl sites for hydroxylation is 1. The van der Waals surface area contributed by atoms with Crippen molar-refractivity contribution in [3.05, 3.63) is 37.8 Å². The fourth-order valence-corrected chi connectivity index (χ4v) is 5.13. The minimum absolute atomic E-state index is 0.0653. The lowest BCUT2D eigenvalue weighted by Gasteiger charge is -2.12. The number of rotatable bonds is 5. The molecule has 0 aromatic carbocycles. The van der Waals surface area contributed by atoms with Crippen LogP contribution >= 0.6 is 22.7 Å². The van der Waals surface area contributed by atoms with Crippen LogP contribution in [-0.4, -0.2) is 19.4 Å². The summed E-state index contributed by atoms with van der Waals surface area (Å²) in [6.07, 6.45) is 0.634. The minimum atomic E-state index is -3.63. The van der Waals surface area contributed by atoms with Gasteiger partial charge in [0.2, 0.25) is 0 Å². The van der Waals surface area contributed by atoms with Gasteiger partial charge in [0.15, 0.2) is 4.21 Å². The van der Waals surface area contributed by atoms with Gasteiger partial charge in [0, 0.05) is 16.6 Å². The summed E-state index contributed by atoms with van der Waals surface area (Å²) >= 11 is 2.30. The van der Waals surface area contributed by atoms with Crippen molar-refractivity contribution < 1.29 is 8.42 Å². The van der Waals surface area contributed by atoms with Gasteiger partial charge in [-0.3, -0.25) is 4.79 Å². The Morgan fingerprint density at radius 2 is 2.21 bits per heavy atom. The van der Waals surface area contributed by atoms with Crippen LogP contribution in [0.25, 0.3) is 0 Å². The van der Waals surface area contributed by atoms with Gasteiger partial charge in [0.05, 0.1) is 0 Å². The van der Waals surface area contributed by atoms with E-state index >= 15 is 0 Å². The van der Waals surface area contributed by atoms with Gasteiger partial charge in [-0.25, -0.2) is 13.1 Å². The van der Waals surface area contributed by atoms with Crippen molar-refractivity contribution in [3.8, 4) is 0 Å². The van der Waals surface area contributed by atoms with Gasteiger partial charge in [-0.15, -0.1) is 11.3 Å². The molecule has 0 amide bonds. The smallest absolute Gasteiger partial charge is 0.305 e. The van der Waals surface area contributed by atoms with Crippen LogP contribution in [0.1, 0.15) is 17.5 Å². The summed E-state index contributed by atoms with van der Waals surface area (Å²) in [4.78, 5) is 14.4. The van der Waals surface area contributed by atoms with Gasteiger partial charge in [-0.05, 0) is 31.7 Å². The molecule has 2 rings (SSSR count). The predicted octanol–water partition coefficient (Wildman–Crippen LogP) is 1.72. The highest BCUT2D eigenvalue weighted by Crippen LogP contribution is 2.17. The summed E-state index contributed by atoms with van der Waals surface area (Å²) in [7, 11) is -3.63. The zero-order valence-electron chi connectivity index (χ0n) is 10.5. The van der Waals surface area contributed by atoms with E-state index in [2.05, 4.69) is 9.71 Å². The first-order valence-electron chi connectivity index (χ1n) is 5.63. The van der Waals surface area contributed by atoms with Crippen LogP contribution in [0.15, 0.2) is 26.5 Å². The molecule has 0 aliphatic heterocycles. The molecule has 0 aliphatic rings. The highest BCUT2D eigenvalue weighted by molar-refractivity contribution is 7.91. The fourth-order valence-electron chi connectivity index (χ4n) is 1.74. The Balaban J connectivity index is 2.13. The van der Waals surface area contributed by atoms with Gasteiger partial charge in [-0.1, -0.05) is 17.4 Å². The summed E-state index contributed by atoms with van der Waals surface area (Å²) in [6.45, 7) is 3.39. The third-order valence-corrected chi connectivity index (χ3v) is 6.56. The molecular weight excluding hydrogens is 304 g/mol. The molecule has 0 aliphatic carbocycles. The van der Waals surface area contributed by atoms with Crippen molar-refractivity contribution in [3.63, 3.8) is 0 Å². The Kier molecular flexibility index (Phi) is 4.24. The van der Waals surface area contributed by atoms with Gasteiger partial charge in [-0.2, -0.15) is 0 Å². The summed E-state index contributed by atoms with van der Waals surface area (Å²) in [5, 5.41) is 1.96. The molecule has 2 aromatic rings. The Morgan fingerprint density at radius 3 is 2.74 bits per heavy atom. The van der Waals surface area contributed by atoms with Crippen molar-refractivity contribution in [2.24, 2.45) is 0 Å². The van der Waals surface area contributed by atoms with Crippen LogP contribution in [0.3, 0.4) is 0 Å². The van der Waals surface area contributed by atoms with Crippen molar-refractivity contribution in [1.82, 2.24) is 9.71 Å². The second-order valence-electron chi connectivity index (χ2n) is 4.23. The average Bonchev–Trinajstić information content (AvgIpc) is 2.87. The molecule has 104 valence electrons. The molecule has 8 heteroatoms. The molecule has 5 nitrogen and oxygen atoms in total. The molecule has 1 unspecified atom stereocenters. The number of thiazole rings is 1. The van der Waals surface area contributed by atoms with Crippen molar-refractivity contribution in [2.45, 2.75) is 30.5 Å². The van der Waals surface area contributed by atoms with E-state index in [1.54, 1.807) is 18.3 Å². The number of nitrogens with one attached hydrogen (secondary N) is 2. The fraction of sp³-hybridized carbons (Fsp3) is 0.364. The SMILES string of the molecule is Cc1[nH]c(=O)sc1S(=O)(=O)NC(C)Cc1cccs1. The van der Waals surface area contributed by atoms with E-state index in [4.69, 9.17) is 0 Å². The van der Waals surface area contributed by atoms with Crippen molar-refractivity contribution >= 4 is 32.7 Å². The standard InChI is InChI=1S/C11H14N2O3S3/c1-7(6-9-4-3-5-17-9)13-19(15,16)10-8(2)12-11(14)18-10/h3-5,7,13H,6H2,1-2H3,(H,12,14). The van der Waals surface area contributed by atoms with E-state index < -0.39 is 10.0 Å². The Morgan fingerprint density at radius 1 is 1.47 bits per heavy atom. The van der Waals surface area contributed by atoms with Crippen LogP contribution in [0.2, 0.25) is 0 Å². The Hall–Kier alpha value is -0.960. The molecule has 0 spiro atoms. The summed E-state index contributed by atoms with van der Waals surface area (Å²) in [6, 6.07) is 3.68. The number of H-pyrrole nitrogens is 1. The van der Waals surface area contributed by atoms with E-state index in [9.17, 15) is 13.2 Å². The molecule has 0 saturated carbocycles. The summed E-state index contributed by atoms with van der Waals surface area (Å²) in [5.74, 6) is 0. The van der Waals surface area contributed by atoms with Crippen molar-refractivity contribution in [1.29, 1.82) is 0 Å². The van der Waals surface area contributed by atoms with E-state index in [0.29, 0.717) is 23.5 Å². The van der Waals surface area contributed by atoms with Gasteiger partial charge in [0.25, 0.3) is 10.0 Å². The quantitative estimate of drug-likeness (QED) is 0.881. The Labute approximate surface area is 119 Å². The summed E-state index contributed by atoms with van der Waals surface area (Å²) < 4.78 is 27.0. The average molecular weight is 318 g/mol. The molecule has 2 heterocycles. The van der Waals surface area contributed by atoms with E-state index in [-0.39, 0.29) is 15.1 Å². The van der Waals surface area contributed by atoms with E-state index in [1.165, 1.54) is 0 Å². The van der Waals surface area contributed by atoms with Crippen LogP contribution in [0, 0.1) is 6.92 Å². The zero-order valence-corrected chi connectivity index (χ0v) is 12.9. The van der Waals surface area contributed by atoms with Crippen molar-refractivity contribution in [2.75, 3.05) is 0 Å². The van der Waals surface area contributed by atoms with Crippen LogP contribution < -0.4 is 9.60 Å². The first-order chi connectivity index (χ1) is 8.88. The lowest BCUT2D eigenvalue weighted by molar-refractivity contribution is 0.562. The number of aromatic nitrogens is 1. The second kappa shape index (κ2) is 5.58. The molecule has 0 bridgehead atoms. The molecule has 0 saturated heterocycles. The van der Waals surface area contributed by atoms with Gasteiger partial charge < -0.3 is 4.98 Å². The number of hydrogen-bond donors (Lipinski definition) is 2. The third-order valence-electron chi connectivity index (χ3n) is 2.47. The van der Waals surface area contributed by atoms with Crippen LogP contribution in [0.5, 0.6) is 0 Å². The van der Waals surface area contributed by atoms with Crippen LogP contribution in [-0.2, 0) is 16.4 Å². The highest BCUT2D eigenvalue weighted by Gasteiger charge is 2.22. The lowest BCUT2D eigenvalue weighted by Crippen LogP contribution is -2.33. The number of hydrogen-bond acceptors (Lipinski definition) is 5. The maximum absolute atomic E-state index is 12.1. The highest BCUT2D eigenvalue weighted by atomic mass is 32.2. The molecule has 2 aromatic heterocycles. The lowest BCUT2D eigenvalue weighted by atomic mass is 10.2. The maximum Gasteiger partial charge on any atom is 0.305 e. The molecular formula is C11H14N2O3S3. The molecule has 0 radical (unpaired) electrons. The predicted molar refractivity (Wildman–Crippen MR) is 77.5 cm³/mol. The number of thiophene rings is 1. The first kappa shape index (κ1) is 14.4. The van der Waals surface area contributed by atoms with E-state index in [1.807, 2.05) is 24.4 Å². The monoisotopic (exact) mass is 318 g/mol. The van der Waals surface area contributed by atoms with Gasteiger partial charge >= 0.3 is 4.87 Å². The van der Waals surface area contributed by atoms with Gasteiger partial charge in [0.1, 0.15) is 0 Å². The van der Waals surface area contributed by atoms with Crippen LogP contribution in [0.4, 0.5) is 0 Å². The zero-order chi connectivity index (χ0) is 14.0. The second-order valence-corrected chi connectivity index (χ2v) is 8.16. The molecule has 2 N–H and O–H groups in total. The molecule has 0 fully saturated rings. The summed E-state index contributed by atoms with van der Waals surface area (Å²) in [5.41, 5.74) is 0.380. The normalized spacial score (nSPS) is 13.6. The molecule has 1 atom stereocenters. The third kappa shape index (κ3) is 3.53. The maximum atomic E-state index is 12.1. The first-order valence-corrected chi connectivity index (χ1v) is 8.81. The number of sulfonamides is 1. The minimum Gasteiger partial charge on any atom is -0.315 e. The Bertz CT molecular complexity index is 698. The topological polar surface area (TPSA) is 79.0 Å². The largest absolute Gasteiger partial charge is 0.315 e. The van der Waals surface area contributed by atoms with E-state index in [0.717, 1.165) is 4.88 Å².